The topological polar surface area (TPSA) is 73.4 Å². The fourth-order valence-corrected chi connectivity index (χ4v) is 3.07. The Labute approximate surface area is 151 Å². The van der Waals surface area contributed by atoms with Crippen LogP contribution >= 0.6 is 15.9 Å². The number of hydrogen-bond acceptors (Lipinski definition) is 5. The van der Waals surface area contributed by atoms with Crippen molar-refractivity contribution in [1.82, 2.24) is 10.2 Å². The summed E-state index contributed by atoms with van der Waals surface area (Å²) in [5, 5.41) is 6.93. The molecule has 0 bridgehead atoms. The van der Waals surface area contributed by atoms with Crippen molar-refractivity contribution in [1.29, 1.82) is 0 Å². The Morgan fingerprint density at radius 3 is 2.80 bits per heavy atom. The maximum Gasteiger partial charge on any atom is 0.357 e. The van der Waals surface area contributed by atoms with E-state index in [2.05, 4.69) is 26.1 Å². The molecule has 0 radical (unpaired) electrons. The lowest BCUT2D eigenvalue weighted by Gasteiger charge is -2.05. The molecule has 0 saturated carbocycles. The number of benzene rings is 2. The molecule has 0 fully saturated rings. The number of nitrogens with zero attached hydrogens (tertiary/aromatic N) is 1. The first-order chi connectivity index (χ1) is 12.2. The van der Waals surface area contributed by atoms with E-state index in [9.17, 15) is 4.79 Å². The van der Waals surface area contributed by atoms with E-state index in [0.29, 0.717) is 21.7 Å². The van der Waals surface area contributed by atoms with Crippen LogP contribution in [-0.4, -0.2) is 23.0 Å². The minimum Gasteiger partial charge on any atom is -0.456 e. The van der Waals surface area contributed by atoms with Gasteiger partial charge in [-0.3, -0.25) is 5.10 Å². The molecule has 126 valence electrons. The van der Waals surface area contributed by atoms with E-state index in [4.69, 9.17) is 14.2 Å². The highest BCUT2D eigenvalue weighted by Crippen LogP contribution is 2.33. The molecule has 0 atom stereocenters. The van der Waals surface area contributed by atoms with Crippen LogP contribution in [0, 0.1) is 0 Å². The summed E-state index contributed by atoms with van der Waals surface area (Å²) >= 11 is 3.42. The molecule has 1 aromatic heterocycles. The second-order valence-electron chi connectivity index (χ2n) is 5.39. The van der Waals surface area contributed by atoms with E-state index in [0.717, 1.165) is 11.1 Å². The largest absolute Gasteiger partial charge is 0.456 e. The molecule has 0 aliphatic carbocycles. The lowest BCUT2D eigenvalue weighted by atomic mass is 10.1. The molecule has 4 rings (SSSR count). The number of rotatable bonds is 4. The smallest absolute Gasteiger partial charge is 0.357 e. The summed E-state index contributed by atoms with van der Waals surface area (Å²) in [4.78, 5) is 12.3. The average molecular weight is 401 g/mol. The monoisotopic (exact) mass is 400 g/mol. The van der Waals surface area contributed by atoms with Crippen LogP contribution in [0.4, 0.5) is 0 Å². The van der Waals surface area contributed by atoms with Gasteiger partial charge in [-0.15, -0.1) is 0 Å². The number of H-pyrrole nitrogens is 1. The van der Waals surface area contributed by atoms with Crippen LogP contribution in [0.3, 0.4) is 0 Å². The number of nitrogens with one attached hydrogen (secondary N) is 1. The molecule has 1 N–H and O–H groups in total. The molecule has 6 nitrogen and oxygen atoms in total. The van der Waals surface area contributed by atoms with Gasteiger partial charge in [-0.05, 0) is 33.6 Å². The van der Waals surface area contributed by atoms with Crippen molar-refractivity contribution < 1.29 is 19.0 Å². The van der Waals surface area contributed by atoms with Gasteiger partial charge < -0.3 is 14.2 Å². The predicted octanol–water partition coefficient (Wildman–Crippen LogP) is 3.92. The van der Waals surface area contributed by atoms with Crippen molar-refractivity contribution >= 4 is 21.9 Å². The van der Waals surface area contributed by atoms with Crippen LogP contribution < -0.4 is 9.47 Å². The molecule has 25 heavy (non-hydrogen) atoms. The maximum absolute atomic E-state index is 12.3. The van der Waals surface area contributed by atoms with Crippen molar-refractivity contribution in [2.75, 3.05) is 6.79 Å². The van der Waals surface area contributed by atoms with Crippen LogP contribution in [0.25, 0.3) is 11.3 Å². The fourth-order valence-electron chi connectivity index (χ4n) is 2.50. The minimum absolute atomic E-state index is 0.127. The summed E-state index contributed by atoms with van der Waals surface area (Å²) in [6.45, 7) is 0.337. The van der Waals surface area contributed by atoms with Crippen molar-refractivity contribution in [3.05, 3.63) is 64.3 Å². The molecular formula is C18H13BrN2O4. The zero-order valence-corrected chi connectivity index (χ0v) is 14.6. The number of carbonyl (C=O) groups excluding carboxylic acids is 1. The number of aromatic amines is 1. The maximum atomic E-state index is 12.3. The number of ether oxygens (including phenoxy) is 3. The normalized spacial score (nSPS) is 12.2. The Hall–Kier alpha value is -2.80. The molecule has 2 heterocycles. The summed E-state index contributed by atoms with van der Waals surface area (Å²) < 4.78 is 16.5. The molecule has 1 aliphatic heterocycles. The van der Waals surface area contributed by atoms with Crippen molar-refractivity contribution in [3.8, 4) is 22.8 Å². The van der Waals surface area contributed by atoms with Gasteiger partial charge in [0.2, 0.25) is 6.79 Å². The van der Waals surface area contributed by atoms with Gasteiger partial charge in [0.25, 0.3) is 0 Å². The fraction of sp³-hybridized carbons (Fsp3) is 0.111. The highest BCUT2D eigenvalue weighted by Gasteiger charge is 2.20. The van der Waals surface area contributed by atoms with E-state index >= 15 is 0 Å². The summed E-state index contributed by atoms with van der Waals surface area (Å²) in [7, 11) is 0. The number of halogens is 1. The van der Waals surface area contributed by atoms with Gasteiger partial charge in [-0.25, -0.2) is 4.79 Å². The Bertz CT molecular complexity index is 924. The SMILES string of the molecule is O=C(OCc1ccc2c(c1)OCO2)c1[nH]nc(-c2ccccc2)c1Br. The first-order valence-corrected chi connectivity index (χ1v) is 8.36. The van der Waals surface area contributed by atoms with E-state index < -0.39 is 5.97 Å². The third-order valence-corrected chi connectivity index (χ3v) is 4.54. The summed E-state index contributed by atoms with van der Waals surface area (Å²) in [5.74, 6) is 0.862. The Morgan fingerprint density at radius 2 is 1.96 bits per heavy atom. The second-order valence-corrected chi connectivity index (χ2v) is 6.18. The van der Waals surface area contributed by atoms with Gasteiger partial charge in [-0.1, -0.05) is 36.4 Å². The van der Waals surface area contributed by atoms with Gasteiger partial charge in [0, 0.05) is 5.56 Å². The standard InChI is InChI=1S/C18H13BrN2O4/c19-15-16(12-4-2-1-3-5-12)20-21-17(15)18(22)23-9-11-6-7-13-14(8-11)25-10-24-13/h1-8H,9-10H2,(H,20,21). The van der Waals surface area contributed by atoms with E-state index in [-0.39, 0.29) is 19.1 Å². The molecule has 7 heteroatoms. The first kappa shape index (κ1) is 15.7. The van der Waals surface area contributed by atoms with Gasteiger partial charge in [0.1, 0.15) is 12.3 Å². The van der Waals surface area contributed by atoms with Gasteiger partial charge >= 0.3 is 5.97 Å². The van der Waals surface area contributed by atoms with Crippen LogP contribution in [0.5, 0.6) is 11.5 Å². The number of esters is 1. The second kappa shape index (κ2) is 6.60. The van der Waals surface area contributed by atoms with Crippen LogP contribution in [0.1, 0.15) is 16.1 Å². The lowest BCUT2D eigenvalue weighted by molar-refractivity contribution is 0.0464. The zero-order valence-electron chi connectivity index (χ0n) is 13.0. The summed E-state index contributed by atoms with van der Waals surface area (Å²) in [6, 6.07) is 15.0. The molecule has 0 spiro atoms. The number of carbonyl (C=O) groups is 1. The van der Waals surface area contributed by atoms with Crippen LogP contribution in [0.2, 0.25) is 0 Å². The highest BCUT2D eigenvalue weighted by molar-refractivity contribution is 9.10. The third-order valence-electron chi connectivity index (χ3n) is 3.77. The van der Waals surface area contributed by atoms with Crippen molar-refractivity contribution in [3.63, 3.8) is 0 Å². The first-order valence-electron chi connectivity index (χ1n) is 7.57. The third kappa shape index (κ3) is 3.10. The van der Waals surface area contributed by atoms with Gasteiger partial charge in [-0.2, -0.15) is 5.10 Å². The van der Waals surface area contributed by atoms with E-state index in [1.165, 1.54) is 0 Å². The van der Waals surface area contributed by atoms with Gasteiger partial charge in [0.15, 0.2) is 17.2 Å². The molecular weight excluding hydrogens is 388 g/mol. The van der Waals surface area contributed by atoms with Crippen molar-refractivity contribution in [2.24, 2.45) is 0 Å². The summed E-state index contributed by atoms with van der Waals surface area (Å²) in [6.07, 6.45) is 0. The Kier molecular flexibility index (Phi) is 4.15. The average Bonchev–Trinajstić information content (AvgIpc) is 3.26. The highest BCUT2D eigenvalue weighted by atomic mass is 79.9. The molecule has 2 aromatic carbocycles. The zero-order chi connectivity index (χ0) is 17.2. The Balaban J connectivity index is 1.48. The summed E-state index contributed by atoms with van der Waals surface area (Å²) in [5.41, 5.74) is 2.66. The number of aromatic nitrogens is 2. The quantitative estimate of drug-likeness (QED) is 0.671. The van der Waals surface area contributed by atoms with Crippen LogP contribution in [-0.2, 0) is 11.3 Å². The molecule has 1 aliphatic rings. The van der Waals surface area contributed by atoms with Crippen LogP contribution in [0.15, 0.2) is 53.0 Å². The predicted molar refractivity (Wildman–Crippen MR) is 93.4 cm³/mol. The Morgan fingerprint density at radius 1 is 1.16 bits per heavy atom. The molecule has 3 aromatic rings. The minimum atomic E-state index is -0.487. The molecule has 0 amide bonds. The number of hydrogen-bond donors (Lipinski definition) is 1. The van der Waals surface area contributed by atoms with E-state index in [1.54, 1.807) is 12.1 Å². The van der Waals surface area contributed by atoms with Crippen molar-refractivity contribution in [2.45, 2.75) is 6.61 Å². The lowest BCUT2D eigenvalue weighted by Crippen LogP contribution is -2.06. The molecule has 0 saturated heterocycles. The molecule has 0 unspecified atom stereocenters. The van der Waals surface area contributed by atoms with E-state index in [1.807, 2.05) is 36.4 Å². The van der Waals surface area contributed by atoms with Gasteiger partial charge in [0.05, 0.1) is 4.47 Å². The number of fused-ring (bicyclic) bond motifs is 1.